The molecule has 4 fully saturated rings. The Morgan fingerprint density at radius 3 is 2.33 bits per heavy atom. The molecule has 1 aliphatic carbocycles. The van der Waals surface area contributed by atoms with E-state index >= 15 is 0 Å². The number of rotatable bonds is 1. The van der Waals surface area contributed by atoms with Crippen LogP contribution < -0.4 is 0 Å². The van der Waals surface area contributed by atoms with Gasteiger partial charge in [-0.1, -0.05) is 78.0 Å². The lowest BCUT2D eigenvalue weighted by molar-refractivity contribution is -0.0483. The second kappa shape index (κ2) is 6.95. The molecule has 2 nitrogen and oxygen atoms in total. The van der Waals surface area contributed by atoms with Gasteiger partial charge < -0.3 is 0 Å². The maximum atomic E-state index is 2.96. The Balaban J connectivity index is 1.67. The van der Waals surface area contributed by atoms with Gasteiger partial charge in [-0.25, -0.2) is 5.01 Å². The van der Waals surface area contributed by atoms with Crippen molar-refractivity contribution in [2.45, 2.75) is 115 Å². The predicted molar refractivity (Wildman–Crippen MR) is 104 cm³/mol. The van der Waals surface area contributed by atoms with Crippen LogP contribution in [-0.2, 0) is 0 Å². The Bertz CT molecular complexity index is 442. The van der Waals surface area contributed by atoms with Gasteiger partial charge in [0.2, 0.25) is 6.85 Å². The number of nitrogens with zero attached hydrogens (tertiary/aromatic N) is 2. The van der Waals surface area contributed by atoms with E-state index in [1.54, 1.807) is 0 Å². The lowest BCUT2D eigenvalue weighted by Gasteiger charge is -2.54. The van der Waals surface area contributed by atoms with Crippen LogP contribution in [0, 0.1) is 5.41 Å². The molecule has 0 aromatic heterocycles. The van der Waals surface area contributed by atoms with Crippen molar-refractivity contribution in [2.24, 2.45) is 5.41 Å². The molecule has 3 heterocycles. The van der Waals surface area contributed by atoms with Crippen LogP contribution in [0.4, 0.5) is 0 Å². The van der Waals surface area contributed by atoms with Crippen molar-refractivity contribution in [3.63, 3.8) is 0 Å². The van der Waals surface area contributed by atoms with Gasteiger partial charge in [-0.2, -0.15) is 0 Å². The van der Waals surface area contributed by atoms with Crippen LogP contribution in [0.3, 0.4) is 0 Å². The maximum absolute atomic E-state index is 2.96. The van der Waals surface area contributed by atoms with Crippen LogP contribution >= 0.6 is 0 Å². The minimum absolute atomic E-state index is 0.520. The van der Waals surface area contributed by atoms with E-state index < -0.39 is 0 Å². The number of hydrogen-bond acceptors (Lipinski definition) is 2. The monoisotopic (exact) mass is 330 g/mol. The van der Waals surface area contributed by atoms with Crippen molar-refractivity contribution < 1.29 is 0 Å². The minimum Gasteiger partial charge on any atom is -0.280 e. The number of fused-ring (bicyclic) bond motifs is 6. The molecule has 1 saturated carbocycles. The number of hydrazine groups is 1. The summed E-state index contributed by atoms with van der Waals surface area (Å²) in [5.41, 5.74) is 1.13. The van der Waals surface area contributed by atoms with Gasteiger partial charge in [-0.3, -0.25) is 4.92 Å². The lowest BCUT2D eigenvalue weighted by Crippen LogP contribution is -2.65. The van der Waals surface area contributed by atoms with Crippen LogP contribution in [0.15, 0.2) is 0 Å². The summed E-state index contributed by atoms with van der Waals surface area (Å²) in [4.78, 5) is 2.96. The summed E-state index contributed by atoms with van der Waals surface area (Å²) >= 11 is 0. The van der Waals surface area contributed by atoms with E-state index in [0.717, 1.165) is 12.7 Å². The molecule has 0 amide bonds. The predicted octanol–water partition coefficient (Wildman–Crippen LogP) is 5.76. The maximum Gasteiger partial charge on any atom is 0.245 e. The Hall–Kier alpha value is -0.0151. The molecule has 0 aromatic rings. The zero-order chi connectivity index (χ0) is 16.6. The van der Waals surface area contributed by atoms with Gasteiger partial charge >= 0.3 is 0 Å². The van der Waals surface area contributed by atoms with Gasteiger partial charge in [0.05, 0.1) is 0 Å². The van der Waals surface area contributed by atoms with Crippen LogP contribution in [0.25, 0.3) is 0 Å². The highest BCUT2D eigenvalue weighted by molar-refractivity contribution is 6.58. The SMILES string of the molecule is CCC12CC1(C)C1CCCCCCCB1N1CCCCCCCN12. The van der Waals surface area contributed by atoms with Crippen LogP contribution in [0.1, 0.15) is 97.3 Å². The topological polar surface area (TPSA) is 6.48 Å². The van der Waals surface area contributed by atoms with Gasteiger partial charge in [0, 0.05) is 18.6 Å². The zero-order valence-corrected chi connectivity index (χ0v) is 16.4. The molecule has 0 N–H and O–H groups in total. The number of hydrogen-bond donors (Lipinski definition) is 0. The van der Waals surface area contributed by atoms with E-state index in [9.17, 15) is 0 Å². The molecule has 24 heavy (non-hydrogen) atoms. The third kappa shape index (κ3) is 2.69. The molecule has 3 unspecified atom stereocenters. The van der Waals surface area contributed by atoms with Crippen molar-refractivity contribution in [3.05, 3.63) is 0 Å². The smallest absolute Gasteiger partial charge is 0.245 e. The summed E-state index contributed by atoms with van der Waals surface area (Å²) in [5.74, 6) is 0.965. The molecule has 0 aromatic carbocycles. The van der Waals surface area contributed by atoms with E-state index in [1.807, 2.05) is 0 Å². The normalized spacial score (nSPS) is 42.2. The van der Waals surface area contributed by atoms with E-state index in [0.29, 0.717) is 11.0 Å². The molecule has 4 rings (SSSR count). The second-order valence-electron chi connectivity index (χ2n) is 9.55. The zero-order valence-electron chi connectivity index (χ0n) is 16.4. The second-order valence-corrected chi connectivity index (χ2v) is 9.55. The molecule has 4 aliphatic rings. The average molecular weight is 330 g/mol. The average Bonchev–Trinajstić information content (AvgIpc) is 3.15. The summed E-state index contributed by atoms with van der Waals surface area (Å²) in [6.07, 6.45) is 20.5. The van der Waals surface area contributed by atoms with Gasteiger partial charge in [0.15, 0.2) is 0 Å². The molecule has 3 heteroatoms. The van der Waals surface area contributed by atoms with Crippen molar-refractivity contribution in [1.29, 1.82) is 0 Å². The molecule has 3 saturated heterocycles. The van der Waals surface area contributed by atoms with Crippen molar-refractivity contribution in [1.82, 2.24) is 9.93 Å². The van der Waals surface area contributed by atoms with E-state index in [-0.39, 0.29) is 0 Å². The molecule has 3 aliphatic heterocycles. The lowest BCUT2D eigenvalue weighted by atomic mass is 9.41. The fraction of sp³-hybridized carbons (Fsp3) is 1.00. The summed E-state index contributed by atoms with van der Waals surface area (Å²) in [6, 6.07) is 0. The Morgan fingerprint density at radius 1 is 0.875 bits per heavy atom. The molecule has 3 atom stereocenters. The van der Waals surface area contributed by atoms with Gasteiger partial charge in [0.25, 0.3) is 0 Å². The largest absolute Gasteiger partial charge is 0.280 e. The molecule has 136 valence electrons. The fourth-order valence-corrected chi connectivity index (χ4v) is 7.00. The van der Waals surface area contributed by atoms with Gasteiger partial charge in [-0.05, 0) is 36.9 Å². The van der Waals surface area contributed by atoms with Gasteiger partial charge in [0.1, 0.15) is 0 Å². The summed E-state index contributed by atoms with van der Waals surface area (Å²) in [6.45, 7) is 8.70. The van der Waals surface area contributed by atoms with Crippen LogP contribution in [0.2, 0.25) is 12.1 Å². The third-order valence-electron chi connectivity index (χ3n) is 8.42. The van der Waals surface area contributed by atoms with Crippen LogP contribution in [0.5, 0.6) is 0 Å². The van der Waals surface area contributed by atoms with Crippen LogP contribution in [-0.4, -0.2) is 35.4 Å². The Labute approximate surface area is 150 Å². The van der Waals surface area contributed by atoms with Gasteiger partial charge in [-0.15, -0.1) is 0 Å². The highest BCUT2D eigenvalue weighted by Gasteiger charge is 2.74. The Morgan fingerprint density at radius 2 is 1.54 bits per heavy atom. The fourth-order valence-electron chi connectivity index (χ4n) is 7.00. The first-order chi connectivity index (χ1) is 11.7. The van der Waals surface area contributed by atoms with Crippen molar-refractivity contribution >= 4 is 6.85 Å². The summed E-state index contributed by atoms with van der Waals surface area (Å²) in [7, 11) is 0. The molecule has 0 radical (unpaired) electrons. The highest BCUT2D eigenvalue weighted by atomic mass is 15.6. The minimum atomic E-state index is 0.520. The van der Waals surface area contributed by atoms with Crippen molar-refractivity contribution in [2.75, 3.05) is 13.1 Å². The first kappa shape index (κ1) is 17.4. The Kier molecular flexibility index (Phi) is 5.04. The molecule has 0 bridgehead atoms. The molecular formula is C21H39BN2. The first-order valence-corrected chi connectivity index (χ1v) is 11.3. The molecule has 0 spiro atoms. The first-order valence-electron chi connectivity index (χ1n) is 11.3. The van der Waals surface area contributed by atoms with E-state index in [2.05, 4.69) is 23.8 Å². The van der Waals surface area contributed by atoms with E-state index in [1.165, 1.54) is 103 Å². The third-order valence-corrected chi connectivity index (χ3v) is 8.42. The quantitative estimate of drug-likeness (QED) is 0.564. The molecular weight excluding hydrogens is 291 g/mol. The summed E-state index contributed by atoms with van der Waals surface area (Å²) < 4.78 is 0. The highest BCUT2D eigenvalue weighted by Crippen LogP contribution is 2.72. The standard InChI is InChI=1S/C21H39BN2/c1-3-21-18-20(21,2)19-14-10-6-4-7-11-15-22(19)24-17-13-9-5-8-12-16-23(21)24/h19H,3-18H2,1-2H3. The summed E-state index contributed by atoms with van der Waals surface area (Å²) in [5, 5.41) is 2.96. The van der Waals surface area contributed by atoms with E-state index in [4.69, 9.17) is 0 Å². The van der Waals surface area contributed by atoms with Crippen molar-refractivity contribution in [3.8, 4) is 0 Å².